The Balaban J connectivity index is 1.68. The fraction of sp³-hybridized carbons (Fsp3) is 0.217. The summed E-state index contributed by atoms with van der Waals surface area (Å²) < 4.78 is 7.69. The molecule has 6 heteroatoms. The van der Waals surface area contributed by atoms with Crippen molar-refractivity contribution in [3.05, 3.63) is 72.4 Å². The summed E-state index contributed by atoms with van der Waals surface area (Å²) in [6.07, 6.45) is 5.07. The highest BCUT2D eigenvalue weighted by Crippen LogP contribution is 2.41. The third kappa shape index (κ3) is 3.12. The lowest BCUT2D eigenvalue weighted by Crippen LogP contribution is -2.43. The number of fused-ring (bicyclic) bond motifs is 1. The van der Waals surface area contributed by atoms with Crippen LogP contribution in [0.15, 0.2) is 66.9 Å². The molecule has 4 aromatic rings. The van der Waals surface area contributed by atoms with Gasteiger partial charge in [-0.15, -0.1) is 0 Å². The molecule has 0 spiro atoms. The molecule has 1 fully saturated rings. The van der Waals surface area contributed by atoms with E-state index in [1.54, 1.807) is 6.20 Å². The molecule has 0 unspecified atom stereocenters. The second-order valence-electron chi connectivity index (χ2n) is 7.44. The summed E-state index contributed by atoms with van der Waals surface area (Å²) in [6, 6.07) is 20.3. The van der Waals surface area contributed by atoms with E-state index in [4.69, 9.17) is 15.5 Å². The summed E-state index contributed by atoms with van der Waals surface area (Å²) in [7, 11) is 0. The van der Waals surface area contributed by atoms with Gasteiger partial charge in [-0.1, -0.05) is 36.4 Å². The highest BCUT2D eigenvalue weighted by molar-refractivity contribution is 9.09. The number of hydrogen-bond donors (Lipinski definition) is 1. The molecule has 29 heavy (non-hydrogen) atoms. The first kappa shape index (κ1) is 18.3. The maximum atomic E-state index is 6.50. The SMILES string of the molecule is NC1(c2ccc(-c3nc4cccnn4c3-c3ccccc3OCBr)cc2)CCC1. The van der Waals surface area contributed by atoms with Crippen molar-refractivity contribution in [2.75, 3.05) is 5.52 Å². The van der Waals surface area contributed by atoms with Crippen LogP contribution in [0.2, 0.25) is 0 Å². The molecule has 2 aromatic carbocycles. The van der Waals surface area contributed by atoms with Crippen LogP contribution in [0.4, 0.5) is 0 Å². The number of para-hydroxylation sites is 1. The van der Waals surface area contributed by atoms with E-state index in [2.05, 4.69) is 45.3 Å². The van der Waals surface area contributed by atoms with E-state index in [9.17, 15) is 0 Å². The van der Waals surface area contributed by atoms with Crippen molar-refractivity contribution in [1.29, 1.82) is 0 Å². The molecule has 2 aromatic heterocycles. The van der Waals surface area contributed by atoms with Crippen LogP contribution in [0.3, 0.4) is 0 Å². The van der Waals surface area contributed by atoms with Crippen LogP contribution in [0, 0.1) is 0 Å². The van der Waals surface area contributed by atoms with Gasteiger partial charge in [0.15, 0.2) is 5.65 Å². The van der Waals surface area contributed by atoms with Gasteiger partial charge in [0.05, 0.1) is 5.69 Å². The predicted octanol–water partition coefficient (Wildman–Crippen LogP) is 5.13. The normalized spacial score (nSPS) is 15.2. The molecule has 5 nitrogen and oxygen atoms in total. The summed E-state index contributed by atoms with van der Waals surface area (Å²) in [5, 5.41) is 4.55. The van der Waals surface area contributed by atoms with Crippen LogP contribution < -0.4 is 10.5 Å². The van der Waals surface area contributed by atoms with E-state index in [-0.39, 0.29) is 5.54 Å². The van der Waals surface area contributed by atoms with E-state index in [0.29, 0.717) is 5.52 Å². The first-order valence-electron chi connectivity index (χ1n) is 9.71. The smallest absolute Gasteiger partial charge is 0.154 e. The average molecular weight is 449 g/mol. The molecule has 0 saturated heterocycles. The van der Waals surface area contributed by atoms with Gasteiger partial charge in [0, 0.05) is 22.9 Å². The zero-order chi connectivity index (χ0) is 19.8. The van der Waals surface area contributed by atoms with Crippen molar-refractivity contribution < 1.29 is 4.74 Å². The Bertz CT molecular complexity index is 1170. The van der Waals surface area contributed by atoms with E-state index >= 15 is 0 Å². The number of ether oxygens (including phenoxy) is 1. The first-order valence-corrected chi connectivity index (χ1v) is 10.8. The molecule has 1 saturated carbocycles. The number of halogens is 1. The Morgan fingerprint density at radius 3 is 2.55 bits per heavy atom. The molecule has 5 rings (SSSR count). The molecule has 1 aliphatic carbocycles. The quantitative estimate of drug-likeness (QED) is 0.429. The fourth-order valence-electron chi connectivity index (χ4n) is 3.98. The Morgan fingerprint density at radius 1 is 1.03 bits per heavy atom. The summed E-state index contributed by atoms with van der Waals surface area (Å²) in [6.45, 7) is 0. The zero-order valence-corrected chi connectivity index (χ0v) is 17.5. The monoisotopic (exact) mass is 448 g/mol. The van der Waals surface area contributed by atoms with Crippen molar-refractivity contribution in [1.82, 2.24) is 14.6 Å². The summed E-state index contributed by atoms with van der Waals surface area (Å²) in [5.41, 5.74) is 12.5. The second kappa shape index (κ2) is 7.28. The molecule has 2 N–H and O–H groups in total. The second-order valence-corrected chi connectivity index (χ2v) is 7.90. The molecule has 0 aliphatic heterocycles. The number of hydrogen-bond acceptors (Lipinski definition) is 4. The third-order valence-electron chi connectivity index (χ3n) is 5.72. The summed E-state index contributed by atoms with van der Waals surface area (Å²) in [4.78, 5) is 4.89. The van der Waals surface area contributed by atoms with Gasteiger partial charge < -0.3 is 10.5 Å². The number of nitrogens with zero attached hydrogens (tertiary/aromatic N) is 3. The van der Waals surface area contributed by atoms with Gasteiger partial charge in [-0.05, 0) is 65.0 Å². The maximum absolute atomic E-state index is 6.50. The lowest BCUT2D eigenvalue weighted by molar-refractivity contribution is 0.253. The summed E-state index contributed by atoms with van der Waals surface area (Å²) >= 11 is 3.36. The van der Waals surface area contributed by atoms with E-state index in [1.165, 1.54) is 12.0 Å². The maximum Gasteiger partial charge on any atom is 0.154 e. The molecule has 1 aliphatic rings. The molecular weight excluding hydrogens is 428 g/mol. The number of alkyl halides is 1. The number of imidazole rings is 1. The van der Waals surface area contributed by atoms with Gasteiger partial charge in [0.25, 0.3) is 0 Å². The van der Waals surface area contributed by atoms with Gasteiger partial charge in [0.1, 0.15) is 17.0 Å². The van der Waals surface area contributed by atoms with Crippen LogP contribution >= 0.6 is 15.9 Å². The zero-order valence-electron chi connectivity index (χ0n) is 15.9. The molecule has 2 heterocycles. The van der Waals surface area contributed by atoms with E-state index in [1.807, 2.05) is 40.9 Å². The Morgan fingerprint density at radius 2 is 1.83 bits per heavy atom. The van der Waals surface area contributed by atoms with Crippen molar-refractivity contribution in [2.24, 2.45) is 5.73 Å². The molecule has 0 atom stereocenters. The van der Waals surface area contributed by atoms with Crippen molar-refractivity contribution in [2.45, 2.75) is 24.8 Å². The highest BCUT2D eigenvalue weighted by atomic mass is 79.9. The minimum atomic E-state index is -0.169. The average Bonchev–Trinajstić information content (AvgIpc) is 3.12. The molecule has 146 valence electrons. The van der Waals surface area contributed by atoms with Crippen LogP contribution in [0.25, 0.3) is 28.2 Å². The first-order chi connectivity index (χ1) is 14.2. The predicted molar refractivity (Wildman–Crippen MR) is 118 cm³/mol. The van der Waals surface area contributed by atoms with E-state index in [0.717, 1.165) is 46.8 Å². The van der Waals surface area contributed by atoms with Gasteiger partial charge in [0.2, 0.25) is 0 Å². The Kier molecular flexibility index (Phi) is 4.60. The van der Waals surface area contributed by atoms with E-state index < -0.39 is 0 Å². The van der Waals surface area contributed by atoms with Crippen molar-refractivity contribution in [3.63, 3.8) is 0 Å². The lowest BCUT2D eigenvalue weighted by Gasteiger charge is -2.38. The van der Waals surface area contributed by atoms with Crippen LogP contribution in [0.1, 0.15) is 24.8 Å². The largest absolute Gasteiger partial charge is 0.482 e. The minimum absolute atomic E-state index is 0.169. The highest BCUT2D eigenvalue weighted by Gasteiger charge is 2.34. The third-order valence-corrected chi connectivity index (χ3v) is 5.95. The molecule has 0 amide bonds. The van der Waals surface area contributed by atoms with Gasteiger partial charge in [-0.25, -0.2) is 9.50 Å². The van der Waals surface area contributed by atoms with Crippen molar-refractivity contribution in [3.8, 4) is 28.3 Å². The van der Waals surface area contributed by atoms with Gasteiger partial charge in [-0.2, -0.15) is 5.10 Å². The van der Waals surface area contributed by atoms with Crippen LogP contribution in [-0.4, -0.2) is 20.1 Å². The van der Waals surface area contributed by atoms with Crippen LogP contribution in [-0.2, 0) is 5.54 Å². The number of nitrogens with two attached hydrogens (primary N) is 1. The standard InChI is InChI=1S/C23H21BrN4O/c24-15-29-19-6-2-1-5-18(19)22-21(27-20-7-3-14-26-28(20)22)16-8-10-17(11-9-16)23(25)12-4-13-23/h1-3,5-11,14H,4,12-13,15,25H2. The van der Waals surface area contributed by atoms with Crippen molar-refractivity contribution >= 4 is 21.6 Å². The van der Waals surface area contributed by atoms with Crippen LogP contribution in [0.5, 0.6) is 5.75 Å². The Hall–Kier alpha value is -2.70. The topological polar surface area (TPSA) is 65.4 Å². The molecule has 0 radical (unpaired) electrons. The number of rotatable bonds is 5. The number of aromatic nitrogens is 3. The molecule has 0 bridgehead atoms. The molecular formula is C23H21BrN4O. The minimum Gasteiger partial charge on any atom is -0.482 e. The fourth-order valence-corrected chi connectivity index (χ4v) is 4.23. The lowest BCUT2D eigenvalue weighted by atomic mass is 9.72. The van der Waals surface area contributed by atoms with Gasteiger partial charge >= 0.3 is 0 Å². The summed E-state index contributed by atoms with van der Waals surface area (Å²) in [5.74, 6) is 0.782. The Labute approximate surface area is 177 Å². The van der Waals surface area contributed by atoms with Gasteiger partial charge in [-0.3, -0.25) is 0 Å². The number of benzene rings is 2.